The first-order chi connectivity index (χ1) is 14.1. The zero-order valence-corrected chi connectivity index (χ0v) is 17.0. The molecule has 1 heterocycles. The Morgan fingerprint density at radius 3 is 2.47 bits per heavy atom. The van der Waals surface area contributed by atoms with E-state index in [1.165, 1.54) is 41.9 Å². The number of nitriles is 1. The van der Waals surface area contributed by atoms with E-state index in [1.807, 2.05) is 6.07 Å². The standard InChI is InChI=1S/C18H17F3N4O3S2/c19-18(20,21)14(12-4-2-1-3-5-12)24-13(15(26)25-17(11-22)6-7-17)10-30(27,28)16-23-8-9-29-16/h1-5,8-9,13-14,24H,6-7,10H2,(H,25,26)/t13-,14-/m0/s1. The van der Waals surface area contributed by atoms with Gasteiger partial charge in [-0.2, -0.15) is 18.4 Å². The number of thiazole rings is 1. The molecule has 0 spiro atoms. The molecule has 7 nitrogen and oxygen atoms in total. The molecule has 12 heteroatoms. The molecule has 0 saturated heterocycles. The Morgan fingerprint density at radius 1 is 1.30 bits per heavy atom. The monoisotopic (exact) mass is 458 g/mol. The molecule has 2 atom stereocenters. The van der Waals surface area contributed by atoms with Crippen molar-refractivity contribution in [1.29, 1.82) is 5.26 Å². The van der Waals surface area contributed by atoms with Gasteiger partial charge in [0.15, 0.2) is 0 Å². The molecule has 1 aliphatic carbocycles. The molecule has 0 radical (unpaired) electrons. The predicted molar refractivity (Wildman–Crippen MR) is 102 cm³/mol. The quantitative estimate of drug-likeness (QED) is 0.628. The van der Waals surface area contributed by atoms with Gasteiger partial charge in [0.2, 0.25) is 20.1 Å². The third kappa shape index (κ3) is 5.16. The number of nitrogens with zero attached hydrogens (tertiary/aromatic N) is 2. The number of hydrogen-bond donors (Lipinski definition) is 2. The second-order valence-electron chi connectivity index (χ2n) is 6.87. The molecule has 0 aliphatic heterocycles. The number of aromatic nitrogens is 1. The summed E-state index contributed by atoms with van der Waals surface area (Å²) in [6, 6.07) is 4.69. The first-order valence-corrected chi connectivity index (χ1v) is 11.3. The van der Waals surface area contributed by atoms with E-state index in [-0.39, 0.29) is 9.90 Å². The van der Waals surface area contributed by atoms with Crippen molar-refractivity contribution < 1.29 is 26.4 Å². The second kappa shape index (κ2) is 8.33. The normalized spacial score (nSPS) is 17.5. The molecule has 2 aromatic rings. The van der Waals surface area contributed by atoms with Crippen molar-refractivity contribution in [3.8, 4) is 6.07 Å². The molecule has 3 rings (SSSR count). The van der Waals surface area contributed by atoms with Crippen molar-refractivity contribution in [3.05, 3.63) is 47.5 Å². The average Bonchev–Trinajstić information content (AvgIpc) is 3.22. The molecule has 0 unspecified atom stereocenters. The van der Waals surface area contributed by atoms with Gasteiger partial charge in [-0.1, -0.05) is 30.3 Å². The second-order valence-corrected chi connectivity index (χ2v) is 9.97. The van der Waals surface area contributed by atoms with Crippen molar-refractivity contribution in [2.24, 2.45) is 0 Å². The first kappa shape index (κ1) is 22.2. The number of alkyl halides is 3. The van der Waals surface area contributed by atoms with Gasteiger partial charge in [-0.25, -0.2) is 13.4 Å². The highest BCUT2D eigenvalue weighted by Gasteiger charge is 2.48. The van der Waals surface area contributed by atoms with E-state index in [4.69, 9.17) is 5.26 Å². The fourth-order valence-corrected chi connectivity index (χ4v) is 5.16. The third-order valence-electron chi connectivity index (χ3n) is 4.53. The van der Waals surface area contributed by atoms with Crippen LogP contribution in [0.15, 0.2) is 46.2 Å². The van der Waals surface area contributed by atoms with Gasteiger partial charge in [0.25, 0.3) is 0 Å². The molecule has 1 aromatic heterocycles. The van der Waals surface area contributed by atoms with Crippen molar-refractivity contribution in [3.63, 3.8) is 0 Å². The number of amides is 1. The van der Waals surface area contributed by atoms with E-state index in [0.29, 0.717) is 12.8 Å². The number of halogens is 3. The van der Waals surface area contributed by atoms with Crippen LogP contribution in [0.1, 0.15) is 24.4 Å². The number of benzene rings is 1. The largest absolute Gasteiger partial charge is 0.407 e. The summed E-state index contributed by atoms with van der Waals surface area (Å²) < 4.78 is 66.2. The van der Waals surface area contributed by atoms with E-state index in [2.05, 4.69) is 15.6 Å². The number of nitrogens with one attached hydrogen (secondary N) is 2. The van der Waals surface area contributed by atoms with Crippen LogP contribution in [0.25, 0.3) is 0 Å². The molecule has 1 fully saturated rings. The van der Waals surface area contributed by atoms with Crippen LogP contribution in [0, 0.1) is 11.3 Å². The summed E-state index contributed by atoms with van der Waals surface area (Å²) in [5.41, 5.74) is -1.33. The average molecular weight is 458 g/mol. The van der Waals surface area contributed by atoms with E-state index < -0.39 is 45.3 Å². The summed E-state index contributed by atoms with van der Waals surface area (Å²) in [6.45, 7) is 0. The van der Waals surface area contributed by atoms with Crippen molar-refractivity contribution in [2.45, 2.75) is 41.0 Å². The van der Waals surface area contributed by atoms with E-state index in [1.54, 1.807) is 0 Å². The highest BCUT2D eigenvalue weighted by Crippen LogP contribution is 2.35. The summed E-state index contributed by atoms with van der Waals surface area (Å²) in [5.74, 6) is -1.92. The maximum absolute atomic E-state index is 13.7. The third-order valence-corrected chi connectivity index (χ3v) is 7.56. The Morgan fingerprint density at radius 2 is 1.97 bits per heavy atom. The number of sulfone groups is 1. The lowest BCUT2D eigenvalue weighted by Gasteiger charge is -2.27. The van der Waals surface area contributed by atoms with Crippen LogP contribution in [0.3, 0.4) is 0 Å². The van der Waals surface area contributed by atoms with Gasteiger partial charge in [-0.3, -0.25) is 10.1 Å². The zero-order valence-electron chi connectivity index (χ0n) is 15.4. The lowest BCUT2D eigenvalue weighted by atomic mass is 10.1. The summed E-state index contributed by atoms with van der Waals surface area (Å²) in [6.07, 6.45) is -2.85. The summed E-state index contributed by atoms with van der Waals surface area (Å²) in [7, 11) is -4.14. The van der Waals surface area contributed by atoms with Crippen LogP contribution in [-0.2, 0) is 14.6 Å². The molecule has 0 bridgehead atoms. The van der Waals surface area contributed by atoms with Gasteiger partial charge in [0.05, 0.1) is 11.8 Å². The predicted octanol–water partition coefficient (Wildman–Crippen LogP) is 2.35. The fourth-order valence-electron chi connectivity index (χ4n) is 2.79. The van der Waals surface area contributed by atoms with Crippen LogP contribution in [0.2, 0.25) is 0 Å². The van der Waals surface area contributed by atoms with E-state index in [0.717, 1.165) is 11.3 Å². The van der Waals surface area contributed by atoms with E-state index in [9.17, 15) is 26.4 Å². The smallest absolute Gasteiger partial charge is 0.336 e. The Kier molecular flexibility index (Phi) is 6.16. The Balaban J connectivity index is 1.91. The maximum Gasteiger partial charge on any atom is 0.407 e. The maximum atomic E-state index is 13.7. The Bertz CT molecular complexity index is 1030. The van der Waals surface area contributed by atoms with Gasteiger partial charge in [0.1, 0.15) is 17.6 Å². The first-order valence-electron chi connectivity index (χ1n) is 8.80. The lowest BCUT2D eigenvalue weighted by molar-refractivity contribution is -0.160. The number of hydrogen-bond acceptors (Lipinski definition) is 7. The number of carbonyl (C=O) groups is 1. The Hall–Kier alpha value is -2.49. The van der Waals surface area contributed by atoms with Crippen LogP contribution in [0.4, 0.5) is 13.2 Å². The summed E-state index contributed by atoms with van der Waals surface area (Å²) in [4.78, 5) is 16.4. The van der Waals surface area contributed by atoms with Crippen molar-refractivity contribution in [1.82, 2.24) is 15.6 Å². The summed E-state index contributed by atoms with van der Waals surface area (Å²) >= 11 is 0.801. The van der Waals surface area contributed by atoms with Gasteiger partial charge >= 0.3 is 6.18 Å². The molecule has 1 saturated carbocycles. The highest BCUT2D eigenvalue weighted by atomic mass is 32.2. The minimum absolute atomic E-state index is 0.170. The zero-order chi connectivity index (χ0) is 22.0. The minimum Gasteiger partial charge on any atom is -0.336 e. The summed E-state index contributed by atoms with van der Waals surface area (Å²) in [5, 5.41) is 15.1. The van der Waals surface area contributed by atoms with Gasteiger partial charge < -0.3 is 5.32 Å². The van der Waals surface area contributed by atoms with Crippen molar-refractivity contribution >= 4 is 27.1 Å². The van der Waals surface area contributed by atoms with E-state index >= 15 is 0 Å². The molecular formula is C18H17F3N4O3S2. The SMILES string of the molecule is N#CC1(NC(=O)[C@H](CS(=O)(=O)c2nccs2)N[C@@H](c2ccccc2)C(F)(F)F)CC1. The van der Waals surface area contributed by atoms with Gasteiger partial charge in [-0.05, 0) is 18.4 Å². The van der Waals surface area contributed by atoms with Gasteiger partial charge in [-0.15, -0.1) is 11.3 Å². The van der Waals surface area contributed by atoms with Crippen LogP contribution in [-0.4, -0.2) is 42.8 Å². The van der Waals surface area contributed by atoms with Gasteiger partial charge in [0, 0.05) is 11.6 Å². The fraction of sp³-hybridized carbons (Fsp3) is 0.389. The molecule has 30 heavy (non-hydrogen) atoms. The highest BCUT2D eigenvalue weighted by molar-refractivity contribution is 7.93. The minimum atomic E-state index is -4.79. The number of carbonyl (C=O) groups excluding carboxylic acids is 1. The Labute approximate surface area is 174 Å². The molecule has 1 aromatic carbocycles. The molecule has 1 amide bonds. The topological polar surface area (TPSA) is 112 Å². The van der Waals surface area contributed by atoms with Crippen LogP contribution in [0.5, 0.6) is 0 Å². The molecule has 2 N–H and O–H groups in total. The van der Waals surface area contributed by atoms with Crippen molar-refractivity contribution in [2.75, 3.05) is 5.75 Å². The molecular weight excluding hydrogens is 441 g/mol. The van der Waals surface area contributed by atoms with Crippen LogP contribution >= 0.6 is 11.3 Å². The molecule has 1 aliphatic rings. The van der Waals surface area contributed by atoms with Crippen LogP contribution < -0.4 is 10.6 Å². The number of rotatable bonds is 8. The lowest BCUT2D eigenvalue weighted by Crippen LogP contribution is -2.54. The molecule has 160 valence electrons.